The molecule has 4 nitrogen and oxygen atoms in total. The molecule has 66 valence electrons. The van der Waals surface area contributed by atoms with Crippen LogP contribution in [-0.2, 0) is 0 Å². The van der Waals surface area contributed by atoms with Gasteiger partial charge < -0.3 is 10.3 Å². The summed E-state index contributed by atoms with van der Waals surface area (Å²) in [7, 11) is 0. The van der Waals surface area contributed by atoms with Gasteiger partial charge in [-0.2, -0.15) is 0 Å². The first kappa shape index (κ1) is 9.25. The molecule has 0 aliphatic heterocycles. The average Bonchev–Trinajstić information content (AvgIpc) is 2.08. The monoisotopic (exact) mass is 231 g/mol. The van der Waals surface area contributed by atoms with Crippen LogP contribution in [0.2, 0.25) is 0 Å². The van der Waals surface area contributed by atoms with Gasteiger partial charge >= 0.3 is 0 Å². The maximum absolute atomic E-state index is 11.0. The average molecular weight is 232 g/mol. The van der Waals surface area contributed by atoms with E-state index in [-0.39, 0.29) is 5.56 Å². The van der Waals surface area contributed by atoms with Gasteiger partial charge in [0.1, 0.15) is 10.3 Å². The van der Waals surface area contributed by atoms with Gasteiger partial charge in [0.15, 0.2) is 0 Å². The van der Waals surface area contributed by atoms with Gasteiger partial charge in [-0.25, -0.2) is 4.98 Å². The van der Waals surface area contributed by atoms with Crippen LogP contribution < -0.4 is 10.9 Å². The van der Waals surface area contributed by atoms with E-state index in [9.17, 15) is 4.79 Å². The number of hydrogen-bond donors (Lipinski definition) is 2. The second-order valence-electron chi connectivity index (χ2n) is 2.32. The molecule has 0 unspecified atom stereocenters. The van der Waals surface area contributed by atoms with Crippen LogP contribution in [0, 0.1) is 0 Å². The Balaban J connectivity index is 2.85. The first-order valence-electron chi connectivity index (χ1n) is 3.72. The Kier molecular flexibility index (Phi) is 3.28. The molecule has 0 spiro atoms. The highest BCUT2D eigenvalue weighted by atomic mass is 79.9. The summed E-state index contributed by atoms with van der Waals surface area (Å²) in [5, 5.41) is 3.03. The van der Waals surface area contributed by atoms with Gasteiger partial charge in [-0.1, -0.05) is 6.92 Å². The number of hydrogen-bond acceptors (Lipinski definition) is 3. The zero-order chi connectivity index (χ0) is 8.97. The van der Waals surface area contributed by atoms with E-state index in [1.165, 1.54) is 6.33 Å². The van der Waals surface area contributed by atoms with Gasteiger partial charge in [-0.15, -0.1) is 0 Å². The van der Waals surface area contributed by atoms with E-state index in [1.807, 2.05) is 6.92 Å². The minimum absolute atomic E-state index is 0.163. The van der Waals surface area contributed by atoms with Crippen LogP contribution in [0.5, 0.6) is 0 Å². The molecule has 1 aromatic heterocycles. The fourth-order valence-corrected chi connectivity index (χ4v) is 1.11. The van der Waals surface area contributed by atoms with Crippen molar-refractivity contribution in [3.05, 3.63) is 21.2 Å². The molecule has 0 aliphatic carbocycles. The first-order chi connectivity index (χ1) is 5.75. The Morgan fingerprint density at radius 3 is 3.17 bits per heavy atom. The normalized spacial score (nSPS) is 9.83. The predicted octanol–water partition coefficient (Wildman–Crippen LogP) is 1.35. The number of nitrogens with one attached hydrogen (secondary N) is 2. The number of aromatic nitrogens is 2. The maximum atomic E-state index is 11.0. The molecule has 1 heterocycles. The van der Waals surface area contributed by atoms with E-state index in [2.05, 4.69) is 31.2 Å². The van der Waals surface area contributed by atoms with Crippen molar-refractivity contribution < 1.29 is 0 Å². The Labute approximate surface area is 78.5 Å². The minimum atomic E-state index is -0.163. The lowest BCUT2D eigenvalue weighted by atomic mass is 10.4. The summed E-state index contributed by atoms with van der Waals surface area (Å²) in [6, 6.07) is 0. The van der Waals surface area contributed by atoms with E-state index in [0.29, 0.717) is 10.3 Å². The number of aromatic amines is 1. The van der Waals surface area contributed by atoms with Crippen molar-refractivity contribution in [2.24, 2.45) is 0 Å². The van der Waals surface area contributed by atoms with Crippen LogP contribution in [0.25, 0.3) is 0 Å². The minimum Gasteiger partial charge on any atom is -0.369 e. The van der Waals surface area contributed by atoms with E-state index in [1.54, 1.807) is 0 Å². The molecule has 0 saturated heterocycles. The van der Waals surface area contributed by atoms with E-state index in [4.69, 9.17) is 0 Å². The summed E-state index contributed by atoms with van der Waals surface area (Å²) >= 11 is 3.14. The fourth-order valence-electron chi connectivity index (χ4n) is 0.750. The number of rotatable bonds is 3. The summed E-state index contributed by atoms with van der Waals surface area (Å²) in [5.41, 5.74) is -0.163. The Morgan fingerprint density at radius 1 is 1.75 bits per heavy atom. The summed E-state index contributed by atoms with van der Waals surface area (Å²) < 4.78 is 0.457. The number of anilines is 1. The van der Waals surface area contributed by atoms with Crippen molar-refractivity contribution in [3.63, 3.8) is 0 Å². The van der Waals surface area contributed by atoms with Crippen molar-refractivity contribution in [3.8, 4) is 0 Å². The second kappa shape index (κ2) is 4.25. The largest absolute Gasteiger partial charge is 0.369 e. The highest BCUT2D eigenvalue weighted by Gasteiger charge is 2.02. The Hall–Kier alpha value is -0.840. The van der Waals surface area contributed by atoms with Gasteiger partial charge in [0.05, 0.1) is 6.33 Å². The topological polar surface area (TPSA) is 57.8 Å². The van der Waals surface area contributed by atoms with Crippen LogP contribution in [-0.4, -0.2) is 16.5 Å². The fraction of sp³-hybridized carbons (Fsp3) is 0.429. The van der Waals surface area contributed by atoms with Crippen molar-refractivity contribution in [2.45, 2.75) is 13.3 Å². The Bertz CT molecular complexity index is 310. The third-order valence-corrected chi connectivity index (χ3v) is 2.07. The third kappa shape index (κ3) is 2.07. The van der Waals surface area contributed by atoms with Crippen LogP contribution in [0.4, 0.5) is 5.82 Å². The molecule has 0 saturated carbocycles. The summed E-state index contributed by atoms with van der Waals surface area (Å²) in [4.78, 5) is 17.4. The number of H-pyrrole nitrogens is 1. The molecule has 0 fully saturated rings. The predicted molar refractivity (Wildman–Crippen MR) is 51.3 cm³/mol. The lowest BCUT2D eigenvalue weighted by Gasteiger charge is -2.03. The molecule has 0 amide bonds. The van der Waals surface area contributed by atoms with Crippen molar-refractivity contribution >= 4 is 21.7 Å². The molecule has 12 heavy (non-hydrogen) atoms. The highest BCUT2D eigenvalue weighted by molar-refractivity contribution is 9.10. The summed E-state index contributed by atoms with van der Waals surface area (Å²) in [6.07, 6.45) is 2.38. The Morgan fingerprint density at radius 2 is 2.50 bits per heavy atom. The van der Waals surface area contributed by atoms with E-state index < -0.39 is 0 Å². The van der Waals surface area contributed by atoms with Gasteiger partial charge in [-0.05, 0) is 22.4 Å². The molecule has 0 atom stereocenters. The van der Waals surface area contributed by atoms with Crippen LogP contribution >= 0.6 is 15.9 Å². The summed E-state index contributed by atoms with van der Waals surface area (Å²) in [6.45, 7) is 2.86. The molecule has 0 bridgehead atoms. The van der Waals surface area contributed by atoms with Gasteiger partial charge in [0.25, 0.3) is 5.56 Å². The van der Waals surface area contributed by atoms with E-state index in [0.717, 1.165) is 13.0 Å². The van der Waals surface area contributed by atoms with Crippen LogP contribution in [0.15, 0.2) is 15.6 Å². The second-order valence-corrected chi connectivity index (χ2v) is 3.11. The van der Waals surface area contributed by atoms with Crippen molar-refractivity contribution in [1.82, 2.24) is 9.97 Å². The third-order valence-electron chi connectivity index (χ3n) is 1.34. The molecular weight excluding hydrogens is 222 g/mol. The number of nitrogens with zero attached hydrogens (tertiary/aromatic N) is 1. The lowest BCUT2D eigenvalue weighted by Crippen LogP contribution is -2.12. The van der Waals surface area contributed by atoms with Crippen molar-refractivity contribution in [2.75, 3.05) is 11.9 Å². The maximum Gasteiger partial charge on any atom is 0.267 e. The summed E-state index contributed by atoms with van der Waals surface area (Å²) in [5.74, 6) is 0.598. The lowest BCUT2D eigenvalue weighted by molar-refractivity contribution is 0.958. The zero-order valence-electron chi connectivity index (χ0n) is 6.72. The quantitative estimate of drug-likeness (QED) is 0.827. The van der Waals surface area contributed by atoms with Crippen LogP contribution in [0.3, 0.4) is 0 Å². The zero-order valence-corrected chi connectivity index (χ0v) is 8.31. The van der Waals surface area contributed by atoms with E-state index >= 15 is 0 Å². The van der Waals surface area contributed by atoms with Crippen LogP contribution in [0.1, 0.15) is 13.3 Å². The number of halogens is 1. The standard InChI is InChI=1S/C7H10BrN3O/c1-2-3-9-6-5(8)7(12)11-4-10-6/h4H,2-3H2,1H3,(H2,9,10,11,12). The van der Waals surface area contributed by atoms with Crippen molar-refractivity contribution in [1.29, 1.82) is 0 Å². The van der Waals surface area contributed by atoms with Gasteiger partial charge in [-0.3, -0.25) is 4.79 Å². The van der Waals surface area contributed by atoms with Gasteiger partial charge in [0, 0.05) is 6.54 Å². The molecule has 1 rings (SSSR count). The van der Waals surface area contributed by atoms with Gasteiger partial charge in [0.2, 0.25) is 0 Å². The SMILES string of the molecule is CCCNc1nc[nH]c(=O)c1Br. The highest BCUT2D eigenvalue weighted by Crippen LogP contribution is 2.12. The molecular formula is C7H10BrN3O. The molecule has 5 heteroatoms. The molecule has 0 aromatic carbocycles. The molecule has 0 radical (unpaired) electrons. The molecule has 1 aromatic rings. The molecule has 2 N–H and O–H groups in total. The molecule has 0 aliphatic rings. The smallest absolute Gasteiger partial charge is 0.267 e. The first-order valence-corrected chi connectivity index (χ1v) is 4.52.